The van der Waals surface area contributed by atoms with Crippen LogP contribution in [-0.4, -0.2) is 46.8 Å². The number of carboxylic acids is 1. The number of benzene rings is 1. The molecule has 166 valence electrons. The van der Waals surface area contributed by atoms with Gasteiger partial charge in [0.05, 0.1) is 16.9 Å². The summed E-state index contributed by atoms with van der Waals surface area (Å²) >= 11 is 2.45. The minimum Gasteiger partial charge on any atom is -0.494 e. The second-order valence-electron chi connectivity index (χ2n) is 6.83. The van der Waals surface area contributed by atoms with E-state index in [0.29, 0.717) is 32.4 Å². The number of carbonyl (C=O) groups excluding carboxylic acids is 2. The minimum absolute atomic E-state index is 0.0192. The number of aliphatic imine (C=N–C) groups is 1. The number of amides is 2. The summed E-state index contributed by atoms with van der Waals surface area (Å²) in [5.74, 6) is -0.625. The minimum atomic E-state index is -1.09. The Bertz CT molecular complexity index is 1140. The second kappa shape index (κ2) is 9.40. The number of aliphatic carboxylic acids is 1. The van der Waals surface area contributed by atoms with Gasteiger partial charge in [-0.1, -0.05) is 11.3 Å². The number of amidine groups is 1. The van der Waals surface area contributed by atoms with Gasteiger partial charge in [-0.15, -0.1) is 0 Å². The number of carbonyl (C=O) groups is 3. The quantitative estimate of drug-likeness (QED) is 0.496. The maximum atomic E-state index is 12.3. The molecule has 2 aromatic rings. The lowest BCUT2D eigenvalue weighted by Crippen LogP contribution is -2.19. The Labute approximate surface area is 190 Å². The fraction of sp³-hybridized carbons (Fsp3) is 0.250. The number of thiazole rings is 1. The molecule has 0 bridgehead atoms. The molecule has 1 aliphatic heterocycles. The Morgan fingerprint density at radius 3 is 2.94 bits per heavy atom. The number of hydrogen-bond acceptors (Lipinski definition) is 9. The van der Waals surface area contributed by atoms with Crippen LogP contribution < -0.4 is 20.1 Å². The zero-order valence-electron chi connectivity index (χ0n) is 16.8. The van der Waals surface area contributed by atoms with Gasteiger partial charge in [0.2, 0.25) is 5.91 Å². The van der Waals surface area contributed by atoms with E-state index < -0.39 is 12.6 Å². The number of rotatable bonds is 8. The lowest BCUT2D eigenvalue weighted by molar-refractivity contribution is -0.139. The zero-order chi connectivity index (χ0) is 22.7. The third-order valence-electron chi connectivity index (χ3n) is 4.36. The van der Waals surface area contributed by atoms with Crippen LogP contribution in [0, 0.1) is 5.92 Å². The molecule has 1 aliphatic carbocycles. The van der Waals surface area contributed by atoms with Gasteiger partial charge in [-0.3, -0.25) is 9.59 Å². The van der Waals surface area contributed by atoms with Crippen molar-refractivity contribution in [2.45, 2.75) is 12.8 Å². The summed E-state index contributed by atoms with van der Waals surface area (Å²) in [6.45, 7) is -0.472. The van der Waals surface area contributed by atoms with Gasteiger partial charge in [0.25, 0.3) is 5.91 Å². The fourth-order valence-electron chi connectivity index (χ4n) is 2.67. The van der Waals surface area contributed by atoms with E-state index >= 15 is 0 Å². The van der Waals surface area contributed by atoms with Crippen molar-refractivity contribution in [3.05, 3.63) is 34.2 Å². The summed E-state index contributed by atoms with van der Waals surface area (Å²) in [5.41, 5.74) is 0.446. The van der Waals surface area contributed by atoms with Crippen molar-refractivity contribution in [3.63, 3.8) is 0 Å². The van der Waals surface area contributed by atoms with E-state index in [0.717, 1.165) is 29.5 Å². The molecule has 0 atom stereocenters. The van der Waals surface area contributed by atoms with Gasteiger partial charge < -0.3 is 25.2 Å². The number of nitrogens with zero attached hydrogens (tertiary/aromatic N) is 2. The molecule has 3 N–H and O–H groups in total. The molecule has 2 heterocycles. The maximum Gasteiger partial charge on any atom is 0.341 e. The molecule has 2 aliphatic rings. The van der Waals surface area contributed by atoms with Crippen LogP contribution in [-0.2, 0) is 14.4 Å². The number of anilines is 1. The van der Waals surface area contributed by atoms with Crippen molar-refractivity contribution >= 4 is 62.9 Å². The molecule has 1 saturated carbocycles. The lowest BCUT2D eigenvalue weighted by atomic mass is 10.3. The molecule has 2 amide bonds. The van der Waals surface area contributed by atoms with E-state index in [9.17, 15) is 14.4 Å². The van der Waals surface area contributed by atoms with Crippen molar-refractivity contribution in [3.8, 4) is 11.5 Å². The molecule has 32 heavy (non-hydrogen) atoms. The number of thioether (sulfide) groups is 1. The molecule has 1 aromatic carbocycles. The largest absolute Gasteiger partial charge is 0.494 e. The Hall–Kier alpha value is -3.38. The normalized spacial score (nSPS) is 18.0. The van der Waals surface area contributed by atoms with Crippen LogP contribution in [0.3, 0.4) is 0 Å². The topological polar surface area (TPSA) is 139 Å². The zero-order valence-corrected chi connectivity index (χ0v) is 18.4. The van der Waals surface area contributed by atoms with Crippen molar-refractivity contribution in [1.29, 1.82) is 0 Å². The van der Waals surface area contributed by atoms with Gasteiger partial charge in [0, 0.05) is 18.2 Å². The highest BCUT2D eigenvalue weighted by atomic mass is 32.2. The van der Waals surface area contributed by atoms with E-state index in [4.69, 9.17) is 14.6 Å². The van der Waals surface area contributed by atoms with Crippen LogP contribution in [0.5, 0.6) is 11.5 Å². The van der Waals surface area contributed by atoms with Gasteiger partial charge in [-0.2, -0.15) is 0 Å². The van der Waals surface area contributed by atoms with E-state index in [1.165, 1.54) is 24.5 Å². The molecular weight excluding hydrogens is 456 g/mol. The van der Waals surface area contributed by atoms with Crippen LogP contribution in [0.4, 0.5) is 10.8 Å². The van der Waals surface area contributed by atoms with Crippen molar-refractivity contribution in [2.24, 2.45) is 10.9 Å². The first kappa shape index (κ1) is 21.8. The first-order chi connectivity index (χ1) is 15.4. The summed E-state index contributed by atoms with van der Waals surface area (Å²) in [5, 5.41) is 15.1. The van der Waals surface area contributed by atoms with Gasteiger partial charge in [0.15, 0.2) is 16.9 Å². The Balaban J connectivity index is 1.45. The molecule has 2 fully saturated rings. The first-order valence-corrected chi connectivity index (χ1v) is 11.1. The van der Waals surface area contributed by atoms with Crippen LogP contribution in [0.2, 0.25) is 0 Å². The first-order valence-electron chi connectivity index (χ1n) is 9.50. The van der Waals surface area contributed by atoms with E-state index in [1.807, 2.05) is 0 Å². The summed E-state index contributed by atoms with van der Waals surface area (Å²) < 4.78 is 10.4. The molecule has 0 spiro atoms. The van der Waals surface area contributed by atoms with E-state index in [-0.39, 0.29) is 17.7 Å². The Morgan fingerprint density at radius 2 is 2.22 bits per heavy atom. The highest BCUT2D eigenvalue weighted by Crippen LogP contribution is 2.35. The van der Waals surface area contributed by atoms with E-state index in [2.05, 4.69) is 20.6 Å². The standard InChI is InChI=1S/C20H18N4O6S2/c1-29-14-6-11(30-9-16(25)26)4-5-13(14)22-20-24-18(28)15(32-20)7-12-8-21-19(31-12)23-17(27)10-2-3-10/h4-8,10H,2-3,9H2,1H3,(H,25,26)(H,21,23,27)(H,22,24,28). The predicted octanol–water partition coefficient (Wildman–Crippen LogP) is 2.86. The van der Waals surface area contributed by atoms with Crippen molar-refractivity contribution in [2.75, 3.05) is 19.0 Å². The number of aromatic nitrogens is 1. The molecule has 10 nitrogen and oxygen atoms in total. The van der Waals surface area contributed by atoms with Gasteiger partial charge in [0.1, 0.15) is 17.2 Å². The highest BCUT2D eigenvalue weighted by Gasteiger charge is 2.30. The Kier molecular flexibility index (Phi) is 6.42. The molecule has 4 rings (SSSR count). The third kappa shape index (κ3) is 5.45. The smallest absolute Gasteiger partial charge is 0.341 e. The summed E-state index contributed by atoms with van der Waals surface area (Å²) in [6, 6.07) is 4.70. The highest BCUT2D eigenvalue weighted by molar-refractivity contribution is 8.18. The number of nitrogens with one attached hydrogen (secondary N) is 2. The fourth-order valence-corrected chi connectivity index (χ4v) is 4.33. The lowest BCUT2D eigenvalue weighted by Gasteiger charge is -2.08. The van der Waals surface area contributed by atoms with Gasteiger partial charge in [-0.25, -0.2) is 14.8 Å². The average Bonchev–Trinajstić information content (AvgIpc) is 3.45. The molecule has 0 radical (unpaired) electrons. The number of carboxylic acid groups (broad SMARTS) is 1. The molecule has 1 aromatic heterocycles. The summed E-state index contributed by atoms with van der Waals surface area (Å²) in [6.07, 6.45) is 5.11. The van der Waals surface area contributed by atoms with Crippen LogP contribution >= 0.6 is 23.1 Å². The molecule has 12 heteroatoms. The monoisotopic (exact) mass is 474 g/mol. The van der Waals surface area contributed by atoms with Gasteiger partial charge >= 0.3 is 5.97 Å². The SMILES string of the molecule is COc1cc(OCC(=O)O)ccc1N=C1NC(=O)C(=Cc2cnc(NC(=O)C3CC3)s2)S1. The molecular formula is C20H18N4O6S2. The van der Waals surface area contributed by atoms with Crippen LogP contribution in [0.1, 0.15) is 17.7 Å². The van der Waals surface area contributed by atoms with E-state index in [1.54, 1.807) is 24.4 Å². The Morgan fingerprint density at radius 1 is 1.41 bits per heavy atom. The number of methoxy groups -OCH3 is 1. The van der Waals surface area contributed by atoms with Crippen LogP contribution in [0.15, 0.2) is 34.3 Å². The number of ether oxygens (including phenoxy) is 2. The molecule has 1 saturated heterocycles. The second-order valence-corrected chi connectivity index (χ2v) is 8.92. The molecule has 0 unspecified atom stereocenters. The third-order valence-corrected chi connectivity index (χ3v) is 6.13. The van der Waals surface area contributed by atoms with Gasteiger partial charge in [-0.05, 0) is 42.8 Å². The number of hydrogen-bond donors (Lipinski definition) is 3. The summed E-state index contributed by atoms with van der Waals surface area (Å²) in [4.78, 5) is 44.6. The summed E-state index contributed by atoms with van der Waals surface area (Å²) in [7, 11) is 1.45. The average molecular weight is 475 g/mol. The maximum absolute atomic E-state index is 12.3. The van der Waals surface area contributed by atoms with Crippen molar-refractivity contribution < 1.29 is 29.0 Å². The van der Waals surface area contributed by atoms with Crippen molar-refractivity contribution in [1.82, 2.24) is 10.3 Å². The predicted molar refractivity (Wildman–Crippen MR) is 120 cm³/mol. The van der Waals surface area contributed by atoms with Crippen LogP contribution in [0.25, 0.3) is 6.08 Å².